The first-order chi connectivity index (χ1) is 18.2. The van der Waals surface area contributed by atoms with Gasteiger partial charge in [-0.05, 0) is 30.5 Å². The van der Waals surface area contributed by atoms with Crippen LogP contribution in [0, 0.1) is 0 Å². The molecule has 39 heavy (non-hydrogen) atoms. The van der Waals surface area contributed by atoms with E-state index in [2.05, 4.69) is 16.0 Å². The van der Waals surface area contributed by atoms with Crippen LogP contribution in [0.3, 0.4) is 0 Å². The van der Waals surface area contributed by atoms with Crippen molar-refractivity contribution in [1.82, 2.24) is 16.0 Å². The van der Waals surface area contributed by atoms with Crippen molar-refractivity contribution in [1.29, 1.82) is 0 Å². The van der Waals surface area contributed by atoms with Crippen molar-refractivity contribution in [2.45, 2.75) is 62.7 Å². The highest BCUT2D eigenvalue weighted by molar-refractivity contribution is 5.96. The van der Waals surface area contributed by atoms with Crippen molar-refractivity contribution in [3.05, 3.63) is 29.8 Å². The van der Waals surface area contributed by atoms with E-state index in [0.29, 0.717) is 5.56 Å². The molecule has 4 unspecified atom stereocenters. The van der Waals surface area contributed by atoms with Gasteiger partial charge in [0.1, 0.15) is 23.9 Å². The molecular formula is C23H32N6O10. The zero-order valence-electron chi connectivity index (χ0n) is 20.8. The lowest BCUT2D eigenvalue weighted by Gasteiger charge is -2.24. The molecule has 12 N–H and O–H groups in total. The number of phenolic OH excluding ortho intramolecular Hbond substituents is 1. The molecule has 1 aromatic carbocycles. The first kappa shape index (κ1) is 32.3. The Kier molecular flexibility index (Phi) is 12.8. The lowest BCUT2D eigenvalue weighted by atomic mass is 10.0. The molecule has 0 aliphatic heterocycles. The molecule has 1 rings (SSSR count). The minimum Gasteiger partial charge on any atom is -0.508 e. The Labute approximate surface area is 222 Å². The van der Waals surface area contributed by atoms with Gasteiger partial charge in [0.25, 0.3) is 0 Å². The Hall–Kier alpha value is -4.73. The van der Waals surface area contributed by atoms with Gasteiger partial charge in [0.05, 0.1) is 12.5 Å². The Morgan fingerprint density at radius 3 is 1.72 bits per heavy atom. The molecule has 0 saturated carbocycles. The number of amides is 5. The Morgan fingerprint density at radius 2 is 1.21 bits per heavy atom. The van der Waals surface area contributed by atoms with Crippen molar-refractivity contribution < 1.29 is 48.9 Å². The maximum absolute atomic E-state index is 12.9. The lowest BCUT2D eigenvalue weighted by Crippen LogP contribution is -2.57. The Bertz CT molecular complexity index is 1080. The Morgan fingerprint density at radius 1 is 0.718 bits per heavy atom. The van der Waals surface area contributed by atoms with Crippen LogP contribution < -0.4 is 33.2 Å². The number of nitrogens with two attached hydrogens (primary N) is 3. The van der Waals surface area contributed by atoms with Gasteiger partial charge in [-0.25, -0.2) is 4.79 Å². The Balaban J connectivity index is 3.04. The van der Waals surface area contributed by atoms with E-state index in [1.165, 1.54) is 24.3 Å². The third-order valence-corrected chi connectivity index (χ3v) is 5.35. The molecule has 0 bridgehead atoms. The predicted molar refractivity (Wildman–Crippen MR) is 132 cm³/mol. The normalized spacial score (nSPS) is 13.7. The third kappa shape index (κ3) is 12.4. The minimum atomic E-state index is -1.77. The second-order valence-corrected chi connectivity index (χ2v) is 8.61. The number of rotatable bonds is 17. The maximum Gasteiger partial charge on any atom is 0.326 e. The number of primary amides is 2. The number of nitrogens with one attached hydrogen (secondary N) is 3. The number of phenols is 1. The number of carbonyl (C=O) groups is 7. The quantitative estimate of drug-likeness (QED) is 0.0927. The summed E-state index contributed by atoms with van der Waals surface area (Å²) in [7, 11) is 0. The molecule has 0 aromatic heterocycles. The first-order valence-electron chi connectivity index (χ1n) is 11.6. The molecule has 0 radical (unpaired) electrons. The average Bonchev–Trinajstić information content (AvgIpc) is 2.84. The summed E-state index contributed by atoms with van der Waals surface area (Å²) in [5.41, 5.74) is 16.3. The van der Waals surface area contributed by atoms with Crippen molar-refractivity contribution in [3.63, 3.8) is 0 Å². The highest BCUT2D eigenvalue weighted by Gasteiger charge is 2.32. The van der Waals surface area contributed by atoms with E-state index in [4.69, 9.17) is 17.2 Å². The fraction of sp³-hybridized carbons (Fsp3) is 0.435. The van der Waals surface area contributed by atoms with E-state index in [1.807, 2.05) is 0 Å². The number of carboxylic acid groups (broad SMARTS) is 2. The summed E-state index contributed by atoms with van der Waals surface area (Å²) in [5, 5.41) is 34.7. The van der Waals surface area contributed by atoms with E-state index < -0.39 is 72.1 Å². The largest absolute Gasteiger partial charge is 0.508 e. The molecule has 5 amide bonds. The van der Waals surface area contributed by atoms with E-state index in [1.54, 1.807) is 0 Å². The molecule has 214 valence electrons. The summed E-state index contributed by atoms with van der Waals surface area (Å²) in [6.45, 7) is 0. The second kappa shape index (κ2) is 15.5. The van der Waals surface area contributed by atoms with Gasteiger partial charge in [0.2, 0.25) is 29.5 Å². The van der Waals surface area contributed by atoms with Crippen molar-refractivity contribution >= 4 is 41.5 Å². The molecule has 0 spiro atoms. The van der Waals surface area contributed by atoms with Gasteiger partial charge < -0.3 is 48.5 Å². The van der Waals surface area contributed by atoms with Crippen molar-refractivity contribution in [2.75, 3.05) is 0 Å². The van der Waals surface area contributed by atoms with Crippen LogP contribution in [-0.2, 0) is 40.0 Å². The highest BCUT2D eigenvalue weighted by Crippen LogP contribution is 2.12. The van der Waals surface area contributed by atoms with Crippen LogP contribution >= 0.6 is 0 Å². The van der Waals surface area contributed by atoms with Crippen molar-refractivity contribution in [2.24, 2.45) is 17.2 Å². The summed E-state index contributed by atoms with van der Waals surface area (Å²) in [4.78, 5) is 83.4. The van der Waals surface area contributed by atoms with Crippen LogP contribution in [-0.4, -0.2) is 81.0 Å². The fourth-order valence-corrected chi connectivity index (χ4v) is 3.26. The summed E-state index contributed by atoms with van der Waals surface area (Å²) in [6, 6.07) is -0.565. The maximum atomic E-state index is 12.9. The number of hydrogen-bond donors (Lipinski definition) is 9. The number of carboxylic acids is 2. The monoisotopic (exact) mass is 552 g/mol. The van der Waals surface area contributed by atoms with E-state index >= 15 is 0 Å². The van der Waals surface area contributed by atoms with Crippen LogP contribution in [0.4, 0.5) is 0 Å². The molecule has 16 nitrogen and oxygen atoms in total. The molecule has 0 saturated heterocycles. The summed E-state index contributed by atoms with van der Waals surface area (Å²) < 4.78 is 0. The van der Waals surface area contributed by atoms with Gasteiger partial charge in [-0.3, -0.25) is 28.8 Å². The van der Waals surface area contributed by atoms with E-state index in [-0.39, 0.29) is 37.9 Å². The van der Waals surface area contributed by atoms with Crippen LogP contribution in [0.1, 0.15) is 37.7 Å². The number of carbonyl (C=O) groups excluding carboxylic acids is 5. The van der Waals surface area contributed by atoms with Gasteiger partial charge in [-0.1, -0.05) is 12.1 Å². The van der Waals surface area contributed by atoms with Crippen LogP contribution in [0.15, 0.2) is 24.3 Å². The number of benzene rings is 1. The number of aliphatic carboxylic acids is 2. The third-order valence-electron chi connectivity index (χ3n) is 5.35. The second-order valence-electron chi connectivity index (χ2n) is 8.61. The zero-order valence-corrected chi connectivity index (χ0v) is 20.8. The average molecular weight is 553 g/mol. The molecule has 0 aliphatic carbocycles. The van der Waals surface area contributed by atoms with Gasteiger partial charge in [-0.15, -0.1) is 0 Å². The van der Waals surface area contributed by atoms with Crippen LogP contribution in [0.2, 0.25) is 0 Å². The highest BCUT2D eigenvalue weighted by atomic mass is 16.4. The van der Waals surface area contributed by atoms with E-state index in [0.717, 1.165) is 0 Å². The van der Waals surface area contributed by atoms with Crippen LogP contribution in [0.5, 0.6) is 5.75 Å². The van der Waals surface area contributed by atoms with E-state index in [9.17, 15) is 48.9 Å². The summed E-state index contributed by atoms with van der Waals surface area (Å²) in [6.07, 6.45) is -2.25. The van der Waals surface area contributed by atoms with Crippen LogP contribution in [0.25, 0.3) is 0 Å². The zero-order chi connectivity index (χ0) is 29.7. The van der Waals surface area contributed by atoms with Crippen molar-refractivity contribution in [3.8, 4) is 5.75 Å². The molecule has 4 atom stereocenters. The molecule has 16 heteroatoms. The standard InChI is InChI=1S/C23H32N6O10/c24-13(5-7-17(25)31)20(35)27-14(6-8-18(26)32)21(36)28-15(10-19(33)34)22(37)29-16(23(38)39)9-11-1-3-12(30)4-2-11/h1-4,13-16,30H,5-10,24H2,(H2,25,31)(H2,26,32)(H,27,35)(H,28,36)(H,29,37)(H,33,34)(H,38,39). The summed E-state index contributed by atoms with van der Waals surface area (Å²) in [5.74, 6) is -7.66. The SMILES string of the molecule is NC(=O)CCC(N)C(=O)NC(CCC(N)=O)C(=O)NC(CC(=O)O)C(=O)NC(Cc1ccc(O)cc1)C(=O)O. The number of aromatic hydroxyl groups is 1. The fourth-order valence-electron chi connectivity index (χ4n) is 3.26. The van der Waals surface area contributed by atoms with Gasteiger partial charge in [-0.2, -0.15) is 0 Å². The minimum absolute atomic E-state index is 0.0642. The van der Waals surface area contributed by atoms with Gasteiger partial charge in [0.15, 0.2) is 0 Å². The molecule has 0 aliphatic rings. The summed E-state index contributed by atoms with van der Waals surface area (Å²) >= 11 is 0. The molecular weight excluding hydrogens is 520 g/mol. The van der Waals surface area contributed by atoms with Gasteiger partial charge in [0, 0.05) is 19.3 Å². The lowest BCUT2D eigenvalue weighted by molar-refractivity contribution is -0.143. The topological polar surface area (TPSA) is 294 Å². The number of hydrogen-bond acceptors (Lipinski definition) is 9. The molecule has 1 aromatic rings. The predicted octanol–water partition coefficient (Wildman–Crippen LogP) is -3.19. The smallest absolute Gasteiger partial charge is 0.326 e. The van der Waals surface area contributed by atoms with Gasteiger partial charge >= 0.3 is 11.9 Å². The first-order valence-corrected chi connectivity index (χ1v) is 11.6. The molecule has 0 heterocycles. The molecule has 0 fully saturated rings.